The van der Waals surface area contributed by atoms with Crippen molar-refractivity contribution < 1.29 is 28.6 Å². The molecule has 0 aromatic heterocycles. The lowest BCUT2D eigenvalue weighted by molar-refractivity contribution is -0.167. The molecule has 410 valence electrons. The lowest BCUT2D eigenvalue weighted by atomic mass is 10.0. The Hall–Kier alpha value is -1.59. The number of rotatable bonds is 59. The molecule has 0 saturated carbocycles. The number of carbonyl (C=O) groups excluding carboxylic acids is 3. The largest absolute Gasteiger partial charge is 0.462 e. The van der Waals surface area contributed by atoms with Crippen LogP contribution >= 0.6 is 0 Å². The molecule has 0 spiro atoms. The molecule has 0 aromatic rings. The average molecular weight is 976 g/mol. The number of ether oxygens (including phenoxy) is 3. The van der Waals surface area contributed by atoms with Crippen LogP contribution in [0.2, 0.25) is 0 Å². The summed E-state index contributed by atoms with van der Waals surface area (Å²) >= 11 is 0. The van der Waals surface area contributed by atoms with E-state index in [0.29, 0.717) is 19.3 Å². The molecule has 0 heterocycles. The Morgan fingerprint density at radius 2 is 0.391 bits per heavy atom. The minimum Gasteiger partial charge on any atom is -0.462 e. The molecule has 0 N–H and O–H groups in total. The van der Waals surface area contributed by atoms with Gasteiger partial charge < -0.3 is 14.2 Å². The summed E-state index contributed by atoms with van der Waals surface area (Å²) in [5.41, 5.74) is 0. The van der Waals surface area contributed by atoms with Crippen molar-refractivity contribution in [3.05, 3.63) is 0 Å². The van der Waals surface area contributed by atoms with Gasteiger partial charge in [0, 0.05) is 19.3 Å². The van der Waals surface area contributed by atoms with E-state index in [2.05, 4.69) is 20.8 Å². The van der Waals surface area contributed by atoms with Crippen LogP contribution in [0.25, 0.3) is 0 Å². The predicted octanol–water partition coefficient (Wildman–Crippen LogP) is 21.1. The summed E-state index contributed by atoms with van der Waals surface area (Å²) < 4.78 is 16.9. The normalized spacial score (nSPS) is 11.9. The Bertz CT molecular complexity index is 1030. The molecule has 69 heavy (non-hydrogen) atoms. The van der Waals surface area contributed by atoms with Crippen molar-refractivity contribution in [2.24, 2.45) is 0 Å². The van der Waals surface area contributed by atoms with Crippen molar-refractivity contribution in [2.45, 2.75) is 374 Å². The zero-order valence-corrected chi connectivity index (χ0v) is 47.1. The third-order valence-electron chi connectivity index (χ3n) is 14.6. The van der Waals surface area contributed by atoms with Crippen molar-refractivity contribution in [2.75, 3.05) is 13.2 Å². The quantitative estimate of drug-likeness (QED) is 0.0343. The van der Waals surface area contributed by atoms with Gasteiger partial charge in [-0.15, -0.1) is 0 Å². The van der Waals surface area contributed by atoms with Crippen LogP contribution in [0.4, 0.5) is 0 Å². The highest BCUT2D eigenvalue weighted by Gasteiger charge is 2.19. The fourth-order valence-electron chi connectivity index (χ4n) is 9.86. The fraction of sp³-hybridized carbons (Fsp3) is 0.952. The maximum atomic E-state index is 12.8. The van der Waals surface area contributed by atoms with E-state index in [1.54, 1.807) is 0 Å². The Kier molecular flexibility index (Phi) is 57.6. The van der Waals surface area contributed by atoms with E-state index in [9.17, 15) is 14.4 Å². The number of hydrogen-bond acceptors (Lipinski definition) is 6. The summed E-state index contributed by atoms with van der Waals surface area (Å²) in [7, 11) is 0. The maximum Gasteiger partial charge on any atom is 0.306 e. The monoisotopic (exact) mass is 975 g/mol. The molecule has 0 radical (unpaired) electrons. The fourth-order valence-corrected chi connectivity index (χ4v) is 9.86. The number of carbonyl (C=O) groups is 3. The van der Waals surface area contributed by atoms with Crippen LogP contribution in [0.3, 0.4) is 0 Å². The van der Waals surface area contributed by atoms with Crippen molar-refractivity contribution in [1.29, 1.82) is 0 Å². The summed E-state index contributed by atoms with van der Waals surface area (Å²) in [5.74, 6) is -0.836. The van der Waals surface area contributed by atoms with Gasteiger partial charge in [-0.1, -0.05) is 329 Å². The van der Waals surface area contributed by atoms with Crippen molar-refractivity contribution in [1.82, 2.24) is 0 Å². The molecule has 0 aliphatic carbocycles. The van der Waals surface area contributed by atoms with Crippen LogP contribution in [0.15, 0.2) is 0 Å². The van der Waals surface area contributed by atoms with Crippen molar-refractivity contribution >= 4 is 17.9 Å². The molecule has 1 atom stereocenters. The van der Waals surface area contributed by atoms with E-state index in [1.807, 2.05) is 0 Å². The summed E-state index contributed by atoms with van der Waals surface area (Å²) in [6.45, 7) is 6.69. The Morgan fingerprint density at radius 1 is 0.232 bits per heavy atom. The summed E-state index contributed by atoms with van der Waals surface area (Å²) in [6.07, 6.45) is 67.1. The minimum absolute atomic E-state index is 0.0614. The minimum atomic E-state index is -0.760. The molecule has 0 aliphatic rings. The zero-order chi connectivity index (χ0) is 50.0. The second-order valence-electron chi connectivity index (χ2n) is 21.7. The van der Waals surface area contributed by atoms with E-state index in [-0.39, 0.29) is 31.1 Å². The van der Waals surface area contributed by atoms with Gasteiger partial charge in [0.25, 0.3) is 0 Å². The Morgan fingerprint density at radius 3 is 0.580 bits per heavy atom. The van der Waals surface area contributed by atoms with Crippen LogP contribution < -0.4 is 0 Å². The Labute approximate surface area is 431 Å². The topological polar surface area (TPSA) is 78.9 Å². The van der Waals surface area contributed by atoms with Gasteiger partial charge in [0.15, 0.2) is 6.10 Å². The van der Waals surface area contributed by atoms with Crippen LogP contribution in [-0.4, -0.2) is 37.2 Å². The molecule has 0 rings (SSSR count). The summed E-state index contributed by atoms with van der Waals surface area (Å²) in [4.78, 5) is 38.0. The molecular weight excluding hydrogens is 853 g/mol. The van der Waals surface area contributed by atoms with E-state index in [0.717, 1.165) is 57.8 Å². The smallest absolute Gasteiger partial charge is 0.306 e. The van der Waals surface area contributed by atoms with Crippen LogP contribution in [0.5, 0.6) is 0 Å². The van der Waals surface area contributed by atoms with Crippen LogP contribution in [0.1, 0.15) is 367 Å². The SMILES string of the molecule is CCCCCCCCCCCCCCCCCCCCCCCCCCCCCC(=O)OCC(COC(=O)CCCCCCCCCC)OC(=O)CCCCCCCCCCCCCCCCCC. The number of unbranched alkanes of at least 4 members (excludes halogenated alkanes) is 48. The molecule has 0 aliphatic heterocycles. The van der Waals surface area contributed by atoms with Gasteiger partial charge in [-0.3, -0.25) is 14.4 Å². The molecule has 1 unspecified atom stereocenters. The third kappa shape index (κ3) is 57.2. The predicted molar refractivity (Wildman–Crippen MR) is 298 cm³/mol. The average Bonchev–Trinajstić information content (AvgIpc) is 3.35. The van der Waals surface area contributed by atoms with E-state index < -0.39 is 6.10 Å². The van der Waals surface area contributed by atoms with Gasteiger partial charge in [-0.2, -0.15) is 0 Å². The first-order valence-corrected chi connectivity index (χ1v) is 31.5. The van der Waals surface area contributed by atoms with E-state index in [4.69, 9.17) is 14.2 Å². The van der Waals surface area contributed by atoms with Gasteiger partial charge >= 0.3 is 17.9 Å². The second kappa shape index (κ2) is 59.0. The van der Waals surface area contributed by atoms with E-state index >= 15 is 0 Å². The van der Waals surface area contributed by atoms with Crippen molar-refractivity contribution in [3.63, 3.8) is 0 Å². The van der Waals surface area contributed by atoms with Crippen LogP contribution in [0, 0.1) is 0 Å². The zero-order valence-electron chi connectivity index (χ0n) is 47.1. The molecule has 6 heteroatoms. The molecule has 6 nitrogen and oxygen atoms in total. The highest BCUT2D eigenvalue weighted by Crippen LogP contribution is 2.18. The van der Waals surface area contributed by atoms with Gasteiger partial charge in [-0.25, -0.2) is 0 Å². The summed E-state index contributed by atoms with van der Waals surface area (Å²) in [6, 6.07) is 0. The highest BCUT2D eigenvalue weighted by molar-refractivity contribution is 5.71. The van der Waals surface area contributed by atoms with E-state index in [1.165, 1.54) is 270 Å². The lowest BCUT2D eigenvalue weighted by Crippen LogP contribution is -2.30. The standard InChI is InChI=1S/C63H122O6/c1-4-7-10-13-16-19-21-23-25-27-28-29-30-31-32-33-34-35-36-37-39-40-42-44-47-50-53-56-62(65)68-59-60(58-67-61(64)55-52-49-46-18-15-12-9-6-3)69-63(66)57-54-51-48-45-43-41-38-26-24-22-20-17-14-11-8-5-2/h60H,4-59H2,1-3H3. The van der Waals surface area contributed by atoms with Crippen LogP contribution in [-0.2, 0) is 28.6 Å². The van der Waals surface area contributed by atoms with Gasteiger partial charge in [0.2, 0.25) is 0 Å². The summed E-state index contributed by atoms with van der Waals surface area (Å²) in [5, 5.41) is 0. The Balaban J connectivity index is 4.04. The molecule has 0 bridgehead atoms. The van der Waals surface area contributed by atoms with Crippen molar-refractivity contribution in [3.8, 4) is 0 Å². The van der Waals surface area contributed by atoms with Gasteiger partial charge in [0.05, 0.1) is 0 Å². The molecule has 0 amide bonds. The molecular formula is C63H122O6. The first kappa shape index (κ1) is 67.4. The lowest BCUT2D eigenvalue weighted by Gasteiger charge is -2.18. The molecule has 0 saturated heterocycles. The first-order chi connectivity index (χ1) is 34.0. The first-order valence-electron chi connectivity index (χ1n) is 31.5. The molecule has 0 fully saturated rings. The van der Waals surface area contributed by atoms with Gasteiger partial charge in [0.1, 0.15) is 13.2 Å². The maximum absolute atomic E-state index is 12.8. The molecule has 0 aromatic carbocycles. The number of esters is 3. The van der Waals surface area contributed by atoms with Gasteiger partial charge in [-0.05, 0) is 19.3 Å². The number of hydrogen-bond donors (Lipinski definition) is 0. The highest BCUT2D eigenvalue weighted by atomic mass is 16.6. The third-order valence-corrected chi connectivity index (χ3v) is 14.6. The second-order valence-corrected chi connectivity index (χ2v) is 21.7.